The van der Waals surface area contributed by atoms with Crippen molar-refractivity contribution in [3.8, 4) is 11.3 Å². The minimum absolute atomic E-state index is 0.143. The second kappa shape index (κ2) is 9.17. The fourth-order valence-corrected chi connectivity index (χ4v) is 4.40. The first-order valence-electron chi connectivity index (χ1n) is 8.40. The molecule has 0 fully saturated rings. The summed E-state index contributed by atoms with van der Waals surface area (Å²) in [6.45, 7) is 0. The number of rotatable bonds is 7. The summed E-state index contributed by atoms with van der Waals surface area (Å²) < 4.78 is 24.4. The third kappa shape index (κ3) is 5.96. The van der Waals surface area contributed by atoms with E-state index in [0.29, 0.717) is 21.5 Å². The lowest BCUT2D eigenvalue weighted by Crippen LogP contribution is -2.24. The van der Waals surface area contributed by atoms with Crippen molar-refractivity contribution in [2.75, 3.05) is 28.7 Å². The van der Waals surface area contributed by atoms with Gasteiger partial charge in [-0.25, -0.2) is 13.4 Å². The van der Waals surface area contributed by atoms with Crippen LogP contribution in [0, 0.1) is 0 Å². The number of carbonyl (C=O) groups excluding carboxylic acids is 1. The lowest BCUT2D eigenvalue weighted by Gasteiger charge is -2.16. The molecule has 2 aromatic carbocycles. The lowest BCUT2D eigenvalue weighted by atomic mass is 10.1. The van der Waals surface area contributed by atoms with Gasteiger partial charge in [0.05, 0.1) is 23.4 Å². The molecule has 0 saturated heterocycles. The Bertz CT molecular complexity index is 1100. The van der Waals surface area contributed by atoms with E-state index in [1.165, 1.54) is 34.5 Å². The molecule has 6 nitrogen and oxygen atoms in total. The van der Waals surface area contributed by atoms with E-state index in [9.17, 15) is 13.2 Å². The molecule has 1 N–H and O–H groups in total. The fraction of sp³-hybridized carbons (Fsp3) is 0.158. The minimum Gasteiger partial charge on any atom is -0.301 e. The fourth-order valence-electron chi connectivity index (χ4n) is 2.33. The molecule has 0 saturated carbocycles. The third-order valence-electron chi connectivity index (χ3n) is 3.96. The van der Waals surface area contributed by atoms with E-state index in [0.717, 1.165) is 16.7 Å². The maximum Gasteiger partial charge on any atom is 0.236 e. The highest BCUT2D eigenvalue weighted by molar-refractivity contribution is 8.00. The van der Waals surface area contributed by atoms with Crippen molar-refractivity contribution in [2.24, 2.45) is 0 Å². The Hall–Kier alpha value is -2.07. The van der Waals surface area contributed by atoms with Crippen molar-refractivity contribution in [3.05, 3.63) is 58.9 Å². The second-order valence-corrected chi connectivity index (χ2v) is 10.5. The topological polar surface area (TPSA) is 79.4 Å². The van der Waals surface area contributed by atoms with Crippen LogP contribution in [0.15, 0.2) is 58.8 Å². The Morgan fingerprint density at radius 2 is 1.83 bits per heavy atom. The Morgan fingerprint density at radius 1 is 1.17 bits per heavy atom. The molecule has 0 radical (unpaired) electrons. The zero-order valence-corrected chi connectivity index (χ0v) is 18.8. The van der Waals surface area contributed by atoms with Crippen molar-refractivity contribution >= 4 is 61.4 Å². The van der Waals surface area contributed by atoms with Crippen LogP contribution in [0.2, 0.25) is 5.02 Å². The van der Waals surface area contributed by atoms with Crippen molar-refractivity contribution in [1.82, 2.24) is 4.98 Å². The van der Waals surface area contributed by atoms with Crippen molar-refractivity contribution in [3.63, 3.8) is 0 Å². The van der Waals surface area contributed by atoms with E-state index in [4.69, 9.17) is 11.6 Å². The smallest absolute Gasteiger partial charge is 0.236 e. The number of anilines is 2. The Labute approximate surface area is 183 Å². The van der Waals surface area contributed by atoms with Crippen molar-refractivity contribution in [1.29, 1.82) is 0 Å². The van der Waals surface area contributed by atoms with Gasteiger partial charge in [-0.2, -0.15) is 0 Å². The Morgan fingerprint density at radius 3 is 2.45 bits per heavy atom. The zero-order chi connectivity index (χ0) is 21.0. The van der Waals surface area contributed by atoms with Crippen LogP contribution in [0.1, 0.15) is 0 Å². The summed E-state index contributed by atoms with van der Waals surface area (Å²) >= 11 is 8.61. The quantitative estimate of drug-likeness (QED) is 0.514. The van der Waals surface area contributed by atoms with Crippen molar-refractivity contribution in [2.45, 2.75) is 4.90 Å². The molecule has 3 aromatic rings. The van der Waals surface area contributed by atoms with Crippen LogP contribution in [0.4, 0.5) is 10.8 Å². The molecule has 3 rings (SSSR count). The van der Waals surface area contributed by atoms with Crippen LogP contribution >= 0.6 is 34.7 Å². The van der Waals surface area contributed by atoms with Gasteiger partial charge >= 0.3 is 0 Å². The van der Waals surface area contributed by atoms with Gasteiger partial charge in [-0.1, -0.05) is 23.7 Å². The molecule has 0 atom stereocenters. The number of hydrogen-bond acceptors (Lipinski definition) is 6. The highest BCUT2D eigenvalue weighted by Crippen LogP contribution is 2.27. The number of nitrogens with zero attached hydrogens (tertiary/aromatic N) is 2. The monoisotopic (exact) mass is 467 g/mol. The highest BCUT2D eigenvalue weighted by atomic mass is 35.5. The normalized spacial score (nSPS) is 11.3. The molecule has 1 aromatic heterocycles. The highest BCUT2D eigenvalue weighted by Gasteiger charge is 2.13. The molecular weight excluding hydrogens is 450 g/mol. The maximum absolute atomic E-state index is 12.2. The standard InChI is InChI=1S/C19H18ClN3O3S3/c1-23(29(2,25)26)15-7-3-13(4-8-15)17-11-28-19(21-17)22-18(24)12-27-16-9-5-14(20)6-10-16/h3-11H,12H2,1-2H3,(H,21,22,24). The van der Waals surface area contributed by atoms with Gasteiger partial charge in [0.2, 0.25) is 15.9 Å². The Balaban J connectivity index is 1.60. The summed E-state index contributed by atoms with van der Waals surface area (Å²) in [7, 11) is -1.80. The average Bonchev–Trinajstić information content (AvgIpc) is 3.15. The van der Waals surface area contributed by atoms with Gasteiger partial charge in [-0.05, 0) is 36.4 Å². The molecule has 0 spiro atoms. The maximum atomic E-state index is 12.2. The molecule has 1 amide bonds. The molecule has 10 heteroatoms. The third-order valence-corrected chi connectivity index (χ3v) is 7.19. The number of thiazole rings is 1. The predicted octanol–water partition coefficient (Wildman–Crippen LogP) is 4.59. The number of carbonyl (C=O) groups is 1. The zero-order valence-electron chi connectivity index (χ0n) is 15.6. The number of amides is 1. The summed E-state index contributed by atoms with van der Waals surface area (Å²) in [4.78, 5) is 17.6. The van der Waals surface area contributed by atoms with Gasteiger partial charge in [0.1, 0.15) is 0 Å². The van der Waals surface area contributed by atoms with Crippen LogP contribution in [-0.2, 0) is 14.8 Å². The first-order valence-corrected chi connectivity index (χ1v) is 12.5. The van der Waals surface area contributed by atoms with Gasteiger partial charge < -0.3 is 5.32 Å². The average molecular weight is 468 g/mol. The molecule has 0 unspecified atom stereocenters. The number of halogens is 1. The summed E-state index contributed by atoms with van der Waals surface area (Å²) in [5, 5.41) is 5.81. The number of thioether (sulfide) groups is 1. The second-order valence-electron chi connectivity index (χ2n) is 6.11. The predicted molar refractivity (Wildman–Crippen MR) is 122 cm³/mol. The molecule has 29 heavy (non-hydrogen) atoms. The van der Waals surface area contributed by atoms with E-state index in [1.807, 2.05) is 17.5 Å². The number of sulfonamides is 1. The SMILES string of the molecule is CN(c1ccc(-c2csc(NC(=O)CSc3ccc(Cl)cc3)n2)cc1)S(C)(=O)=O. The number of aromatic nitrogens is 1. The van der Waals surface area contributed by atoms with E-state index in [1.54, 1.807) is 36.4 Å². The van der Waals surface area contributed by atoms with Crippen LogP contribution in [0.3, 0.4) is 0 Å². The number of hydrogen-bond donors (Lipinski definition) is 1. The number of nitrogens with one attached hydrogen (secondary N) is 1. The van der Waals surface area contributed by atoms with Crippen LogP contribution in [0.5, 0.6) is 0 Å². The molecule has 0 aliphatic rings. The lowest BCUT2D eigenvalue weighted by molar-refractivity contribution is -0.113. The largest absolute Gasteiger partial charge is 0.301 e. The van der Waals surface area contributed by atoms with Gasteiger partial charge in [0.15, 0.2) is 5.13 Å². The Kier molecular flexibility index (Phi) is 6.84. The van der Waals surface area contributed by atoms with Gasteiger partial charge in [-0.15, -0.1) is 23.1 Å². The van der Waals surface area contributed by atoms with E-state index in [2.05, 4.69) is 10.3 Å². The van der Waals surface area contributed by atoms with Crippen molar-refractivity contribution < 1.29 is 13.2 Å². The summed E-state index contributed by atoms with van der Waals surface area (Å²) in [5.41, 5.74) is 2.12. The molecule has 0 aliphatic carbocycles. The molecule has 152 valence electrons. The van der Waals surface area contributed by atoms with E-state index in [-0.39, 0.29) is 11.7 Å². The first-order chi connectivity index (χ1) is 13.7. The minimum atomic E-state index is -3.31. The van der Waals surface area contributed by atoms with Crippen LogP contribution in [-0.4, -0.2) is 38.4 Å². The number of benzene rings is 2. The van der Waals surface area contributed by atoms with Crippen LogP contribution in [0.25, 0.3) is 11.3 Å². The van der Waals surface area contributed by atoms with E-state index >= 15 is 0 Å². The van der Waals surface area contributed by atoms with Gasteiger partial charge in [-0.3, -0.25) is 9.10 Å². The van der Waals surface area contributed by atoms with Gasteiger partial charge in [0.25, 0.3) is 0 Å². The molecule has 0 aliphatic heterocycles. The molecule has 0 bridgehead atoms. The summed E-state index contributed by atoms with van der Waals surface area (Å²) in [6.07, 6.45) is 1.15. The van der Waals surface area contributed by atoms with Crippen LogP contribution < -0.4 is 9.62 Å². The molecule has 1 heterocycles. The molecular formula is C19H18ClN3O3S3. The summed E-state index contributed by atoms with van der Waals surface area (Å²) in [5.74, 6) is 0.124. The first kappa shape index (κ1) is 21.6. The summed E-state index contributed by atoms with van der Waals surface area (Å²) in [6, 6.07) is 14.3. The van der Waals surface area contributed by atoms with E-state index < -0.39 is 10.0 Å². The van der Waals surface area contributed by atoms with Gasteiger partial charge in [0, 0.05) is 27.9 Å².